The van der Waals surface area contributed by atoms with E-state index in [4.69, 9.17) is 6.42 Å². The van der Waals surface area contributed by atoms with Gasteiger partial charge in [-0.05, 0) is 12.8 Å². The van der Waals surface area contributed by atoms with Crippen LogP contribution in [0.2, 0.25) is 0 Å². The average Bonchev–Trinajstić information content (AvgIpc) is 1.89. The lowest BCUT2D eigenvalue weighted by Gasteiger charge is -1.84. The van der Waals surface area contributed by atoms with Crippen LogP contribution in [0.3, 0.4) is 0 Å². The summed E-state index contributed by atoms with van der Waals surface area (Å²) < 4.78 is 0. The van der Waals surface area contributed by atoms with Gasteiger partial charge >= 0.3 is 0 Å². The Kier molecular flexibility index (Phi) is 6.29. The molecule has 0 heteroatoms. The number of terminal acetylenes is 1. The molecule has 0 N–H and O–H groups in total. The third kappa shape index (κ3) is 7.04. The highest BCUT2D eigenvalue weighted by molar-refractivity contribution is 4.97. The largest absolute Gasteiger partial charge is 0.120 e. The number of rotatable bonds is 4. The number of hydrogen-bond acceptors (Lipinski definition) is 0. The molecule has 0 bridgehead atoms. The average molecular weight is 120 g/mol. The van der Waals surface area contributed by atoms with Crippen LogP contribution in [0.15, 0.2) is 24.8 Å². The van der Waals surface area contributed by atoms with E-state index in [-0.39, 0.29) is 0 Å². The molecule has 48 valence electrons. The second kappa shape index (κ2) is 7.04. The number of unbranched alkanes of at least 4 members (excludes halogenated alkanes) is 2. The van der Waals surface area contributed by atoms with Gasteiger partial charge in [-0.3, -0.25) is 0 Å². The van der Waals surface area contributed by atoms with E-state index in [1.54, 1.807) is 6.08 Å². The zero-order chi connectivity index (χ0) is 6.95. The summed E-state index contributed by atoms with van der Waals surface area (Å²) in [5, 5.41) is 0. The quantitative estimate of drug-likeness (QED) is 0.304. The molecule has 0 amide bonds. The molecule has 0 fully saturated rings. The fourth-order valence-corrected chi connectivity index (χ4v) is 0.514. The lowest BCUT2D eigenvalue weighted by molar-refractivity contribution is 0.886. The van der Waals surface area contributed by atoms with Crippen LogP contribution in [0.25, 0.3) is 0 Å². The maximum Gasteiger partial charge on any atom is 0.00890 e. The van der Waals surface area contributed by atoms with Crippen LogP contribution in [0.4, 0.5) is 0 Å². The fraction of sp³-hybridized carbons (Fsp3) is 0.333. The molecule has 9 heavy (non-hydrogen) atoms. The SMILES string of the molecule is C#CCCCC=CC=C. The Morgan fingerprint density at radius 1 is 1.56 bits per heavy atom. The van der Waals surface area contributed by atoms with Crippen LogP contribution in [0, 0.1) is 12.3 Å². The van der Waals surface area contributed by atoms with Crippen molar-refractivity contribution in [3.8, 4) is 12.3 Å². The van der Waals surface area contributed by atoms with Gasteiger partial charge in [0.1, 0.15) is 0 Å². The van der Waals surface area contributed by atoms with Gasteiger partial charge in [0.25, 0.3) is 0 Å². The van der Waals surface area contributed by atoms with Gasteiger partial charge in [-0.15, -0.1) is 12.3 Å². The topological polar surface area (TPSA) is 0 Å². The van der Waals surface area contributed by atoms with E-state index in [1.165, 1.54) is 0 Å². The van der Waals surface area contributed by atoms with Gasteiger partial charge in [0.05, 0.1) is 0 Å². The normalized spacial score (nSPS) is 9.22. The summed E-state index contributed by atoms with van der Waals surface area (Å²) >= 11 is 0. The highest BCUT2D eigenvalue weighted by Gasteiger charge is 1.76. The van der Waals surface area contributed by atoms with E-state index in [0.29, 0.717) is 0 Å². The van der Waals surface area contributed by atoms with Crippen LogP contribution in [0.5, 0.6) is 0 Å². The Morgan fingerprint density at radius 3 is 2.89 bits per heavy atom. The van der Waals surface area contributed by atoms with Crippen molar-refractivity contribution in [1.82, 2.24) is 0 Å². The Balaban J connectivity index is 3.01. The molecule has 0 radical (unpaired) electrons. The smallest absolute Gasteiger partial charge is 0.00890 e. The maximum atomic E-state index is 5.05. The lowest BCUT2D eigenvalue weighted by Crippen LogP contribution is -1.66. The van der Waals surface area contributed by atoms with Gasteiger partial charge in [0, 0.05) is 6.42 Å². The summed E-state index contributed by atoms with van der Waals surface area (Å²) in [6, 6.07) is 0. The van der Waals surface area contributed by atoms with E-state index in [0.717, 1.165) is 19.3 Å². The molecule has 0 aromatic rings. The summed E-state index contributed by atoms with van der Waals surface area (Å²) in [5.74, 6) is 2.58. The molecule has 0 aliphatic heterocycles. The van der Waals surface area contributed by atoms with Crippen LogP contribution in [0.1, 0.15) is 19.3 Å². The van der Waals surface area contributed by atoms with E-state index in [2.05, 4.69) is 18.6 Å². The van der Waals surface area contributed by atoms with E-state index >= 15 is 0 Å². The van der Waals surface area contributed by atoms with Crippen molar-refractivity contribution in [3.05, 3.63) is 24.8 Å². The predicted molar refractivity (Wildman–Crippen MR) is 42.0 cm³/mol. The summed E-state index contributed by atoms with van der Waals surface area (Å²) in [6.07, 6.45) is 13.9. The monoisotopic (exact) mass is 120 g/mol. The van der Waals surface area contributed by atoms with Gasteiger partial charge in [-0.1, -0.05) is 24.8 Å². The van der Waals surface area contributed by atoms with Crippen molar-refractivity contribution >= 4 is 0 Å². The van der Waals surface area contributed by atoms with E-state index in [9.17, 15) is 0 Å². The van der Waals surface area contributed by atoms with Crippen molar-refractivity contribution in [2.45, 2.75) is 19.3 Å². The predicted octanol–water partition coefficient (Wildman–Crippen LogP) is 2.53. The molecule has 0 nitrogen and oxygen atoms in total. The van der Waals surface area contributed by atoms with Crippen molar-refractivity contribution in [2.75, 3.05) is 0 Å². The second-order valence-electron chi connectivity index (χ2n) is 1.76. The third-order valence-electron chi connectivity index (χ3n) is 0.964. The summed E-state index contributed by atoms with van der Waals surface area (Å²) in [4.78, 5) is 0. The molecule has 0 saturated heterocycles. The summed E-state index contributed by atoms with van der Waals surface area (Å²) in [6.45, 7) is 3.55. The van der Waals surface area contributed by atoms with Crippen molar-refractivity contribution < 1.29 is 0 Å². The number of allylic oxidation sites excluding steroid dienone is 3. The molecule has 0 aliphatic carbocycles. The Morgan fingerprint density at radius 2 is 2.33 bits per heavy atom. The first-order valence-electron chi connectivity index (χ1n) is 3.13. The molecule has 0 rings (SSSR count). The van der Waals surface area contributed by atoms with E-state index < -0.39 is 0 Å². The van der Waals surface area contributed by atoms with Crippen molar-refractivity contribution in [1.29, 1.82) is 0 Å². The number of hydrogen-bond donors (Lipinski definition) is 0. The first-order chi connectivity index (χ1) is 4.41. The van der Waals surface area contributed by atoms with Gasteiger partial charge < -0.3 is 0 Å². The highest BCUT2D eigenvalue weighted by Crippen LogP contribution is 1.94. The summed E-state index contributed by atoms with van der Waals surface area (Å²) in [5.41, 5.74) is 0. The molecule has 0 saturated carbocycles. The molecule has 0 unspecified atom stereocenters. The van der Waals surface area contributed by atoms with Crippen LogP contribution in [-0.2, 0) is 0 Å². The first-order valence-corrected chi connectivity index (χ1v) is 3.13. The first kappa shape index (κ1) is 8.04. The fourth-order valence-electron chi connectivity index (χ4n) is 0.514. The molecular formula is C9H12. The zero-order valence-electron chi connectivity index (χ0n) is 5.64. The molecule has 0 aliphatic rings. The Hall–Kier alpha value is -0.960. The highest BCUT2D eigenvalue weighted by atomic mass is 13.8. The molecule has 0 heterocycles. The molecular weight excluding hydrogens is 108 g/mol. The minimum atomic E-state index is 0.876. The van der Waals surface area contributed by atoms with Gasteiger partial charge in [-0.25, -0.2) is 0 Å². The molecule has 0 aromatic carbocycles. The molecule has 0 spiro atoms. The van der Waals surface area contributed by atoms with Gasteiger partial charge in [0.15, 0.2) is 0 Å². The summed E-state index contributed by atoms with van der Waals surface area (Å²) in [7, 11) is 0. The zero-order valence-corrected chi connectivity index (χ0v) is 5.64. The third-order valence-corrected chi connectivity index (χ3v) is 0.964. The standard InChI is InChI=1S/C9H12/c1-3-5-7-9-8-6-4-2/h1,4,6,8H,2,5,7,9H2. The maximum absolute atomic E-state index is 5.05. The Labute approximate surface area is 57.3 Å². The van der Waals surface area contributed by atoms with Crippen molar-refractivity contribution in [2.24, 2.45) is 0 Å². The van der Waals surface area contributed by atoms with E-state index in [1.807, 2.05) is 6.08 Å². The lowest BCUT2D eigenvalue weighted by atomic mass is 10.2. The van der Waals surface area contributed by atoms with Gasteiger partial charge in [-0.2, -0.15) is 0 Å². The van der Waals surface area contributed by atoms with Crippen LogP contribution >= 0.6 is 0 Å². The second-order valence-corrected chi connectivity index (χ2v) is 1.76. The van der Waals surface area contributed by atoms with Crippen LogP contribution < -0.4 is 0 Å². The van der Waals surface area contributed by atoms with Gasteiger partial charge in [0.2, 0.25) is 0 Å². The molecule has 0 aromatic heterocycles. The molecule has 0 atom stereocenters. The van der Waals surface area contributed by atoms with Crippen LogP contribution in [-0.4, -0.2) is 0 Å². The minimum absolute atomic E-state index is 0.876. The van der Waals surface area contributed by atoms with Crippen molar-refractivity contribution in [3.63, 3.8) is 0 Å². The minimum Gasteiger partial charge on any atom is -0.120 e. The Bertz CT molecular complexity index is 123.